The number of ether oxygens (including phenoxy) is 1. The lowest BCUT2D eigenvalue weighted by Crippen LogP contribution is -2.04. The first-order valence-corrected chi connectivity index (χ1v) is 7.71. The van der Waals surface area contributed by atoms with Crippen LogP contribution >= 0.6 is 33.9 Å². The monoisotopic (exact) mass is 401 g/mol. The highest BCUT2D eigenvalue weighted by Crippen LogP contribution is 2.22. The molecule has 4 nitrogen and oxygen atoms in total. The molecule has 0 aliphatic carbocycles. The van der Waals surface area contributed by atoms with Crippen molar-refractivity contribution in [3.05, 3.63) is 49.7 Å². The Labute approximate surface area is 134 Å². The highest BCUT2D eigenvalue weighted by molar-refractivity contribution is 14.1. The maximum absolute atomic E-state index is 11.9. The number of hydrogen-bond donors (Lipinski definition) is 0. The third-order valence-electron chi connectivity index (χ3n) is 2.53. The van der Waals surface area contributed by atoms with Gasteiger partial charge in [0, 0.05) is 0 Å². The van der Waals surface area contributed by atoms with E-state index in [1.807, 2.05) is 17.5 Å². The molecule has 0 unspecified atom stereocenters. The predicted molar refractivity (Wildman–Crippen MR) is 87.7 cm³/mol. The van der Waals surface area contributed by atoms with Crippen LogP contribution in [-0.4, -0.2) is 18.8 Å². The molecule has 0 radical (unpaired) electrons. The Morgan fingerprint density at radius 2 is 2.15 bits per heavy atom. The van der Waals surface area contributed by atoms with Gasteiger partial charge in [-0.25, -0.2) is 4.79 Å². The summed E-state index contributed by atoms with van der Waals surface area (Å²) in [7, 11) is 1.59. The zero-order valence-corrected chi connectivity index (χ0v) is 13.9. The number of methoxy groups -OCH3 is 1. The summed E-state index contributed by atoms with van der Waals surface area (Å²) in [4.78, 5) is 17.8. The Kier molecular flexibility index (Phi) is 5.13. The summed E-state index contributed by atoms with van der Waals surface area (Å²) in [5.74, 6) is 0.238. The summed E-state index contributed by atoms with van der Waals surface area (Å²) in [5.41, 5.74) is 1.12. The first kappa shape index (κ1) is 15.0. The number of rotatable bonds is 4. The number of nitrogens with zero attached hydrogens (tertiary/aromatic N) is 1. The highest BCUT2D eigenvalue weighted by Gasteiger charge is 2.10. The first-order valence-electron chi connectivity index (χ1n) is 5.75. The minimum Gasteiger partial charge on any atom is -0.496 e. The zero-order chi connectivity index (χ0) is 14.5. The quantitative estimate of drug-likeness (QED) is 0.338. The van der Waals surface area contributed by atoms with Crippen LogP contribution in [0, 0.1) is 3.57 Å². The summed E-state index contributed by atoms with van der Waals surface area (Å²) >= 11 is 3.65. The summed E-state index contributed by atoms with van der Waals surface area (Å²) in [6.45, 7) is 1.80. The molecular weight excluding hydrogens is 389 g/mol. The Bertz CT molecular complexity index is 638. The van der Waals surface area contributed by atoms with E-state index in [9.17, 15) is 4.79 Å². The van der Waals surface area contributed by atoms with Crippen molar-refractivity contribution in [2.75, 3.05) is 7.11 Å². The van der Waals surface area contributed by atoms with E-state index in [1.54, 1.807) is 43.6 Å². The van der Waals surface area contributed by atoms with Crippen LogP contribution in [0.2, 0.25) is 0 Å². The van der Waals surface area contributed by atoms with E-state index in [0.717, 1.165) is 14.2 Å². The maximum Gasteiger partial charge on any atom is 0.365 e. The van der Waals surface area contributed by atoms with Gasteiger partial charge < -0.3 is 9.57 Å². The van der Waals surface area contributed by atoms with Crippen LogP contribution in [0.1, 0.15) is 22.2 Å². The second-order valence-electron chi connectivity index (χ2n) is 3.88. The summed E-state index contributed by atoms with van der Waals surface area (Å²) in [6.07, 6.45) is 0. The number of carbonyl (C=O) groups excluding carboxylic acids is 1. The predicted octanol–water partition coefficient (Wildman–Crippen LogP) is 3.94. The molecule has 0 fully saturated rings. The molecule has 1 aromatic heterocycles. The van der Waals surface area contributed by atoms with E-state index in [1.165, 1.54) is 0 Å². The molecule has 0 atom stereocenters. The smallest absolute Gasteiger partial charge is 0.365 e. The van der Waals surface area contributed by atoms with Gasteiger partial charge in [-0.3, -0.25) is 0 Å². The van der Waals surface area contributed by atoms with Gasteiger partial charge in [-0.2, -0.15) is 0 Å². The average molecular weight is 401 g/mol. The summed E-state index contributed by atoms with van der Waals surface area (Å²) in [5, 5.41) is 5.81. The molecule has 104 valence electrons. The van der Waals surface area contributed by atoms with Gasteiger partial charge in [0.15, 0.2) is 0 Å². The van der Waals surface area contributed by atoms with Gasteiger partial charge in [0.2, 0.25) is 0 Å². The van der Waals surface area contributed by atoms with Crippen molar-refractivity contribution in [1.82, 2.24) is 0 Å². The zero-order valence-electron chi connectivity index (χ0n) is 10.9. The molecule has 6 heteroatoms. The number of benzene rings is 1. The molecule has 0 N–H and O–H groups in total. The summed E-state index contributed by atoms with van der Waals surface area (Å²) < 4.78 is 5.99. The van der Waals surface area contributed by atoms with Crippen molar-refractivity contribution < 1.29 is 14.4 Å². The van der Waals surface area contributed by atoms with Crippen LogP contribution < -0.4 is 4.74 Å². The molecule has 0 amide bonds. The molecule has 20 heavy (non-hydrogen) atoms. The largest absolute Gasteiger partial charge is 0.496 e. The Balaban J connectivity index is 2.09. The molecule has 2 aromatic rings. The molecule has 0 aliphatic rings. The Morgan fingerprint density at radius 3 is 2.75 bits per heavy atom. The SMILES string of the molecule is COc1ccc(C(=O)O/N=C(/C)c2cccs2)cc1I. The van der Waals surface area contributed by atoms with Gasteiger partial charge in [0.25, 0.3) is 0 Å². The lowest BCUT2D eigenvalue weighted by atomic mass is 10.2. The second-order valence-corrected chi connectivity index (χ2v) is 5.99. The van der Waals surface area contributed by atoms with Crippen molar-refractivity contribution in [1.29, 1.82) is 0 Å². The van der Waals surface area contributed by atoms with E-state index < -0.39 is 5.97 Å². The fourth-order valence-electron chi connectivity index (χ4n) is 1.49. The number of thiophene rings is 1. The van der Waals surface area contributed by atoms with Crippen LogP contribution in [0.3, 0.4) is 0 Å². The third-order valence-corrected chi connectivity index (χ3v) is 4.35. The fourth-order valence-corrected chi connectivity index (χ4v) is 2.89. The minimum atomic E-state index is -0.485. The molecule has 1 aromatic carbocycles. The molecule has 0 aliphatic heterocycles. The van der Waals surface area contributed by atoms with Gasteiger partial charge in [0.1, 0.15) is 5.75 Å². The van der Waals surface area contributed by atoms with Crippen LogP contribution in [0.25, 0.3) is 0 Å². The van der Waals surface area contributed by atoms with Crippen molar-refractivity contribution in [3.8, 4) is 5.75 Å². The first-order chi connectivity index (χ1) is 9.61. The molecule has 0 saturated carbocycles. The van der Waals surface area contributed by atoms with E-state index in [4.69, 9.17) is 9.57 Å². The van der Waals surface area contributed by atoms with Crippen molar-refractivity contribution >= 4 is 45.6 Å². The van der Waals surface area contributed by atoms with Crippen LogP contribution in [-0.2, 0) is 4.84 Å². The van der Waals surface area contributed by atoms with Gasteiger partial charge in [-0.05, 0) is 59.2 Å². The van der Waals surface area contributed by atoms with E-state index >= 15 is 0 Å². The van der Waals surface area contributed by atoms with Crippen LogP contribution in [0.5, 0.6) is 5.75 Å². The van der Waals surface area contributed by atoms with Gasteiger partial charge >= 0.3 is 5.97 Å². The topological polar surface area (TPSA) is 47.9 Å². The normalized spacial score (nSPS) is 11.2. The van der Waals surface area contributed by atoms with E-state index in [-0.39, 0.29) is 0 Å². The van der Waals surface area contributed by atoms with Crippen LogP contribution in [0.4, 0.5) is 0 Å². The molecule has 0 saturated heterocycles. The summed E-state index contributed by atoms with van der Waals surface area (Å²) in [6, 6.07) is 8.94. The van der Waals surface area contributed by atoms with Crippen LogP contribution in [0.15, 0.2) is 40.9 Å². The Morgan fingerprint density at radius 1 is 1.35 bits per heavy atom. The molecular formula is C14H12INO3S. The van der Waals surface area contributed by atoms with Crippen molar-refractivity contribution in [2.24, 2.45) is 5.16 Å². The number of carbonyl (C=O) groups is 1. The Hall–Kier alpha value is -1.41. The molecule has 0 spiro atoms. The van der Waals surface area contributed by atoms with Gasteiger partial charge in [-0.15, -0.1) is 11.3 Å². The lowest BCUT2D eigenvalue weighted by molar-refractivity contribution is 0.0516. The van der Waals surface area contributed by atoms with E-state index in [0.29, 0.717) is 11.3 Å². The van der Waals surface area contributed by atoms with Crippen molar-refractivity contribution in [3.63, 3.8) is 0 Å². The maximum atomic E-state index is 11.9. The standard InChI is InChI=1S/C14H12INO3S/c1-9(13-4-3-7-20-13)16-19-14(17)10-5-6-12(18-2)11(15)8-10/h3-8H,1-2H3/b16-9-. The second kappa shape index (κ2) is 6.85. The highest BCUT2D eigenvalue weighted by atomic mass is 127. The number of halogens is 1. The minimum absolute atomic E-state index is 0.443. The average Bonchev–Trinajstić information content (AvgIpc) is 2.98. The van der Waals surface area contributed by atoms with Gasteiger partial charge in [-0.1, -0.05) is 11.2 Å². The molecule has 0 bridgehead atoms. The third kappa shape index (κ3) is 3.57. The van der Waals surface area contributed by atoms with E-state index in [2.05, 4.69) is 27.7 Å². The van der Waals surface area contributed by atoms with Crippen molar-refractivity contribution in [2.45, 2.75) is 6.92 Å². The van der Waals surface area contributed by atoms with Gasteiger partial charge in [0.05, 0.1) is 26.8 Å². The lowest BCUT2D eigenvalue weighted by Gasteiger charge is -2.04. The molecule has 2 rings (SSSR count). The molecule has 1 heterocycles. The number of oxime groups is 1. The number of hydrogen-bond acceptors (Lipinski definition) is 5. The fraction of sp³-hybridized carbons (Fsp3) is 0.143.